The normalized spacial score (nSPS) is 13.2. The lowest BCUT2D eigenvalue weighted by molar-refractivity contribution is 0.590. The molecule has 0 spiro atoms. The summed E-state index contributed by atoms with van der Waals surface area (Å²) >= 11 is 1.79. The first-order valence-electron chi connectivity index (χ1n) is 7.54. The summed E-state index contributed by atoms with van der Waals surface area (Å²) in [5.74, 6) is 0. The van der Waals surface area contributed by atoms with E-state index in [1.54, 1.807) is 11.8 Å². The van der Waals surface area contributed by atoms with E-state index in [-0.39, 0.29) is 11.5 Å². The van der Waals surface area contributed by atoms with Gasteiger partial charge in [0.2, 0.25) is 0 Å². The quantitative estimate of drug-likeness (QED) is 0.801. The molecule has 0 fully saturated rings. The van der Waals surface area contributed by atoms with E-state index < -0.39 is 0 Å². The summed E-state index contributed by atoms with van der Waals surface area (Å²) in [5.41, 5.74) is 8.84. The van der Waals surface area contributed by atoms with Crippen LogP contribution in [-0.4, -0.2) is 0 Å². The fraction of sp³-hybridized carbons (Fsp3) is 0.368. The average molecular weight is 299 g/mol. The second kappa shape index (κ2) is 6.67. The van der Waals surface area contributed by atoms with Gasteiger partial charge in [-0.15, -0.1) is 0 Å². The van der Waals surface area contributed by atoms with Crippen molar-refractivity contribution < 1.29 is 0 Å². The summed E-state index contributed by atoms with van der Waals surface area (Å²) in [4.78, 5) is 2.53. The Morgan fingerprint density at radius 3 is 1.81 bits per heavy atom. The zero-order valence-electron chi connectivity index (χ0n) is 13.4. The fourth-order valence-electron chi connectivity index (χ4n) is 2.18. The zero-order valence-corrected chi connectivity index (χ0v) is 14.2. The van der Waals surface area contributed by atoms with Gasteiger partial charge >= 0.3 is 0 Å². The van der Waals surface area contributed by atoms with Gasteiger partial charge < -0.3 is 5.73 Å². The van der Waals surface area contributed by atoms with Gasteiger partial charge in [-0.25, -0.2) is 0 Å². The number of benzene rings is 2. The minimum absolute atomic E-state index is 0.148. The molecule has 0 unspecified atom stereocenters. The molecular weight excluding hydrogens is 274 g/mol. The van der Waals surface area contributed by atoms with Gasteiger partial charge in [-0.3, -0.25) is 0 Å². The molecule has 0 aliphatic rings. The molecule has 0 amide bonds. The van der Waals surface area contributed by atoms with Gasteiger partial charge in [0.25, 0.3) is 0 Å². The van der Waals surface area contributed by atoms with Crippen molar-refractivity contribution >= 4 is 11.8 Å². The third-order valence-corrected chi connectivity index (χ3v) is 4.72. The predicted molar refractivity (Wildman–Crippen MR) is 92.9 cm³/mol. The second-order valence-electron chi connectivity index (χ2n) is 6.46. The highest BCUT2D eigenvalue weighted by molar-refractivity contribution is 7.99. The van der Waals surface area contributed by atoms with Gasteiger partial charge in [-0.2, -0.15) is 0 Å². The van der Waals surface area contributed by atoms with Crippen LogP contribution in [0.3, 0.4) is 0 Å². The molecule has 0 aliphatic heterocycles. The van der Waals surface area contributed by atoms with Gasteiger partial charge in [-0.1, -0.05) is 63.7 Å². The summed E-state index contributed by atoms with van der Waals surface area (Å²) in [5, 5.41) is 0. The van der Waals surface area contributed by atoms with E-state index in [4.69, 9.17) is 5.73 Å². The first-order valence-corrected chi connectivity index (χ1v) is 8.35. The molecule has 0 bridgehead atoms. The summed E-state index contributed by atoms with van der Waals surface area (Å²) in [6.07, 6.45) is 0.973. The maximum Gasteiger partial charge on any atom is 0.0292 e. The van der Waals surface area contributed by atoms with Gasteiger partial charge in [0.15, 0.2) is 0 Å². The van der Waals surface area contributed by atoms with Gasteiger partial charge in [0.05, 0.1) is 0 Å². The maximum atomic E-state index is 6.05. The molecule has 2 rings (SSSR count). The van der Waals surface area contributed by atoms with E-state index in [1.807, 2.05) is 0 Å². The molecule has 2 aromatic carbocycles. The van der Waals surface area contributed by atoms with Crippen molar-refractivity contribution in [1.82, 2.24) is 0 Å². The smallest absolute Gasteiger partial charge is 0.0292 e. The molecule has 0 saturated carbocycles. The highest BCUT2D eigenvalue weighted by Crippen LogP contribution is 2.31. The van der Waals surface area contributed by atoms with Crippen molar-refractivity contribution in [1.29, 1.82) is 0 Å². The van der Waals surface area contributed by atoms with Gasteiger partial charge in [0, 0.05) is 15.8 Å². The highest BCUT2D eigenvalue weighted by atomic mass is 32.2. The highest BCUT2D eigenvalue weighted by Gasteiger charge is 2.13. The van der Waals surface area contributed by atoms with Gasteiger partial charge in [0.1, 0.15) is 0 Å². The first kappa shape index (κ1) is 16.1. The molecule has 2 N–H and O–H groups in total. The third kappa shape index (κ3) is 4.36. The topological polar surface area (TPSA) is 26.0 Å². The van der Waals surface area contributed by atoms with E-state index in [0.29, 0.717) is 0 Å². The van der Waals surface area contributed by atoms with Crippen LogP contribution in [0.5, 0.6) is 0 Å². The van der Waals surface area contributed by atoms with Crippen molar-refractivity contribution in [3.63, 3.8) is 0 Å². The molecule has 0 aromatic heterocycles. The molecule has 0 aliphatic carbocycles. The third-order valence-electron chi connectivity index (χ3n) is 3.70. The van der Waals surface area contributed by atoms with Crippen LogP contribution in [0.15, 0.2) is 58.3 Å². The van der Waals surface area contributed by atoms with E-state index in [0.717, 1.165) is 6.42 Å². The summed E-state index contributed by atoms with van der Waals surface area (Å²) in [6, 6.07) is 17.6. The van der Waals surface area contributed by atoms with Crippen LogP contribution in [0.1, 0.15) is 51.3 Å². The van der Waals surface area contributed by atoms with E-state index in [1.165, 1.54) is 20.9 Å². The molecule has 2 heteroatoms. The number of nitrogens with two attached hydrogens (primary N) is 1. The Balaban J connectivity index is 2.08. The Morgan fingerprint density at radius 2 is 1.38 bits per heavy atom. The maximum absolute atomic E-state index is 6.05. The molecule has 112 valence electrons. The molecule has 2 aromatic rings. The largest absolute Gasteiger partial charge is 0.324 e. The summed E-state index contributed by atoms with van der Waals surface area (Å²) in [7, 11) is 0. The molecule has 1 nitrogen and oxygen atoms in total. The molecule has 1 atom stereocenters. The van der Waals surface area contributed by atoms with Crippen molar-refractivity contribution in [2.45, 2.75) is 55.4 Å². The minimum atomic E-state index is 0.148. The number of rotatable bonds is 4. The molecule has 0 radical (unpaired) electrons. The average Bonchev–Trinajstić information content (AvgIpc) is 2.47. The van der Waals surface area contributed by atoms with E-state index in [2.05, 4.69) is 76.2 Å². The second-order valence-corrected chi connectivity index (χ2v) is 7.61. The number of hydrogen-bond donors (Lipinski definition) is 1. The predicted octanol–water partition coefficient (Wildman–Crippen LogP) is 5.55. The van der Waals surface area contributed by atoms with Crippen LogP contribution in [0, 0.1) is 0 Å². The van der Waals surface area contributed by atoms with Crippen LogP contribution >= 0.6 is 11.8 Å². The first-order chi connectivity index (χ1) is 9.90. The standard InChI is InChI=1S/C19H25NS/c1-5-18(20)14-6-10-16(11-7-14)21-17-12-8-15(9-13-17)19(2,3)4/h6-13,18H,5,20H2,1-4H3/t18-/m0/s1. The lowest BCUT2D eigenvalue weighted by Gasteiger charge is -2.19. The van der Waals surface area contributed by atoms with Crippen LogP contribution in [0.4, 0.5) is 0 Å². The molecule has 0 heterocycles. The van der Waals surface area contributed by atoms with Crippen molar-refractivity contribution in [2.75, 3.05) is 0 Å². The van der Waals surface area contributed by atoms with E-state index >= 15 is 0 Å². The van der Waals surface area contributed by atoms with Crippen molar-refractivity contribution in [2.24, 2.45) is 5.73 Å². The van der Waals surface area contributed by atoms with Crippen LogP contribution in [0.2, 0.25) is 0 Å². The summed E-state index contributed by atoms with van der Waals surface area (Å²) < 4.78 is 0. The Morgan fingerprint density at radius 1 is 0.905 bits per heavy atom. The van der Waals surface area contributed by atoms with Crippen LogP contribution in [-0.2, 0) is 5.41 Å². The number of hydrogen-bond acceptors (Lipinski definition) is 2. The Hall–Kier alpha value is -1.25. The fourth-order valence-corrected chi connectivity index (χ4v) is 2.99. The summed E-state index contributed by atoms with van der Waals surface area (Å²) in [6.45, 7) is 8.84. The Labute approximate surface area is 133 Å². The van der Waals surface area contributed by atoms with E-state index in [9.17, 15) is 0 Å². The van der Waals surface area contributed by atoms with Crippen LogP contribution in [0.25, 0.3) is 0 Å². The Kier molecular flexibility index (Phi) is 5.13. The van der Waals surface area contributed by atoms with Gasteiger partial charge in [-0.05, 0) is 47.2 Å². The SMILES string of the molecule is CC[C@H](N)c1ccc(Sc2ccc(C(C)(C)C)cc2)cc1. The molecule has 21 heavy (non-hydrogen) atoms. The van der Waals surface area contributed by atoms with Crippen molar-refractivity contribution in [3.05, 3.63) is 59.7 Å². The lowest BCUT2D eigenvalue weighted by atomic mass is 9.87. The minimum Gasteiger partial charge on any atom is -0.324 e. The monoisotopic (exact) mass is 299 g/mol. The Bertz CT molecular complexity index is 564. The van der Waals surface area contributed by atoms with Crippen molar-refractivity contribution in [3.8, 4) is 0 Å². The molecular formula is C19H25NS. The zero-order chi connectivity index (χ0) is 15.5. The molecule has 0 saturated heterocycles. The van der Waals surface area contributed by atoms with Crippen LogP contribution < -0.4 is 5.73 Å². The lowest BCUT2D eigenvalue weighted by Crippen LogP contribution is -2.10.